The Morgan fingerprint density at radius 3 is 2.72 bits per heavy atom. The molecule has 1 aliphatic heterocycles. The number of pyridine rings is 1. The third kappa shape index (κ3) is 4.12. The number of nitrogens with zero attached hydrogens (tertiary/aromatic N) is 3. The van der Waals surface area contributed by atoms with Gasteiger partial charge in [0.05, 0.1) is 16.8 Å². The second-order valence-corrected chi connectivity index (χ2v) is 7.53. The second-order valence-electron chi connectivity index (χ2n) is 7.53. The Labute approximate surface area is 184 Å². The molecule has 0 bridgehead atoms. The van der Waals surface area contributed by atoms with Gasteiger partial charge in [-0.1, -0.05) is 23.4 Å². The first-order valence-electron chi connectivity index (χ1n) is 10.5. The summed E-state index contributed by atoms with van der Waals surface area (Å²) in [7, 11) is 0. The molecule has 4 aromatic rings. The molecular formula is C24H22N4O4. The summed E-state index contributed by atoms with van der Waals surface area (Å²) in [6, 6.07) is 15.2. The van der Waals surface area contributed by atoms with Gasteiger partial charge in [-0.25, -0.2) is 4.98 Å². The third-order valence-corrected chi connectivity index (χ3v) is 5.22. The minimum atomic E-state index is -0.149. The molecule has 0 saturated heterocycles. The molecule has 0 aliphatic carbocycles. The lowest BCUT2D eigenvalue weighted by Crippen LogP contribution is -2.25. The molecule has 2 aromatic heterocycles. The van der Waals surface area contributed by atoms with E-state index in [0.29, 0.717) is 61.3 Å². The number of nitrogens with one attached hydrogen (secondary N) is 1. The van der Waals surface area contributed by atoms with E-state index in [4.69, 9.17) is 19.0 Å². The molecule has 2 aromatic carbocycles. The normalized spacial score (nSPS) is 12.7. The fourth-order valence-corrected chi connectivity index (χ4v) is 3.69. The molecule has 1 N–H and O–H groups in total. The number of para-hydroxylation sites is 1. The van der Waals surface area contributed by atoms with Gasteiger partial charge in [0.25, 0.3) is 5.91 Å². The number of amides is 1. The van der Waals surface area contributed by atoms with Crippen LogP contribution < -0.4 is 14.8 Å². The van der Waals surface area contributed by atoms with E-state index < -0.39 is 0 Å². The maximum atomic E-state index is 13.1. The predicted molar refractivity (Wildman–Crippen MR) is 118 cm³/mol. The standard InChI is InChI=1S/C24H22N4O4/c1-15-26-23(32-28-15)7-4-10-25-24(29)18-14-20(27-19-6-3-2-5-17(18)19)16-8-9-21-22(13-16)31-12-11-30-21/h2-3,5-6,8-9,13-14H,4,7,10-12H2,1H3,(H,25,29). The first-order valence-corrected chi connectivity index (χ1v) is 10.5. The van der Waals surface area contributed by atoms with Crippen LogP contribution >= 0.6 is 0 Å². The molecule has 162 valence electrons. The van der Waals surface area contributed by atoms with Gasteiger partial charge < -0.3 is 19.3 Å². The average molecular weight is 430 g/mol. The molecule has 0 fully saturated rings. The van der Waals surface area contributed by atoms with E-state index in [9.17, 15) is 4.79 Å². The Balaban J connectivity index is 1.39. The Kier molecular flexibility index (Phi) is 5.41. The van der Waals surface area contributed by atoms with Crippen LogP contribution in [0.15, 0.2) is 53.1 Å². The van der Waals surface area contributed by atoms with Crippen molar-refractivity contribution in [1.29, 1.82) is 0 Å². The maximum Gasteiger partial charge on any atom is 0.252 e. The Morgan fingerprint density at radius 2 is 1.88 bits per heavy atom. The molecular weight excluding hydrogens is 408 g/mol. The van der Waals surface area contributed by atoms with Gasteiger partial charge in [-0.05, 0) is 43.7 Å². The van der Waals surface area contributed by atoms with Crippen LogP contribution in [0.5, 0.6) is 11.5 Å². The molecule has 8 heteroatoms. The van der Waals surface area contributed by atoms with E-state index in [-0.39, 0.29) is 5.91 Å². The highest BCUT2D eigenvalue weighted by Crippen LogP contribution is 2.35. The molecule has 0 spiro atoms. The summed E-state index contributed by atoms with van der Waals surface area (Å²) in [5.41, 5.74) is 2.90. The zero-order valence-electron chi connectivity index (χ0n) is 17.6. The van der Waals surface area contributed by atoms with Crippen molar-refractivity contribution in [3.63, 3.8) is 0 Å². The molecule has 8 nitrogen and oxygen atoms in total. The molecule has 0 saturated carbocycles. The maximum absolute atomic E-state index is 13.1. The van der Waals surface area contributed by atoms with E-state index in [2.05, 4.69) is 15.5 Å². The van der Waals surface area contributed by atoms with Crippen molar-refractivity contribution < 1.29 is 18.8 Å². The van der Waals surface area contributed by atoms with Crippen molar-refractivity contribution in [2.24, 2.45) is 0 Å². The van der Waals surface area contributed by atoms with E-state index >= 15 is 0 Å². The molecule has 1 aliphatic rings. The van der Waals surface area contributed by atoms with Gasteiger partial charge in [0, 0.05) is 23.9 Å². The van der Waals surface area contributed by atoms with Crippen LogP contribution in [0.1, 0.15) is 28.5 Å². The van der Waals surface area contributed by atoms with Gasteiger partial charge in [0.2, 0.25) is 5.89 Å². The molecule has 0 radical (unpaired) electrons. The van der Waals surface area contributed by atoms with Gasteiger partial charge in [-0.2, -0.15) is 4.98 Å². The summed E-state index contributed by atoms with van der Waals surface area (Å²) >= 11 is 0. The summed E-state index contributed by atoms with van der Waals surface area (Å²) in [5, 5.41) is 7.58. The number of benzene rings is 2. The van der Waals surface area contributed by atoms with Crippen molar-refractivity contribution in [2.75, 3.05) is 19.8 Å². The van der Waals surface area contributed by atoms with Crippen LogP contribution in [0.2, 0.25) is 0 Å². The minimum absolute atomic E-state index is 0.149. The molecule has 32 heavy (non-hydrogen) atoms. The molecule has 5 rings (SSSR count). The summed E-state index contributed by atoms with van der Waals surface area (Å²) in [6.07, 6.45) is 1.31. The summed E-state index contributed by atoms with van der Waals surface area (Å²) in [4.78, 5) is 22.0. The van der Waals surface area contributed by atoms with Crippen LogP contribution in [0.25, 0.3) is 22.2 Å². The van der Waals surface area contributed by atoms with Crippen molar-refractivity contribution in [2.45, 2.75) is 19.8 Å². The average Bonchev–Trinajstić information content (AvgIpc) is 3.25. The Hall–Kier alpha value is -3.94. The van der Waals surface area contributed by atoms with Crippen molar-refractivity contribution in [3.05, 3.63) is 65.8 Å². The van der Waals surface area contributed by atoms with E-state index in [0.717, 1.165) is 22.2 Å². The lowest BCUT2D eigenvalue weighted by Gasteiger charge is -2.19. The third-order valence-electron chi connectivity index (χ3n) is 5.22. The SMILES string of the molecule is Cc1noc(CCCNC(=O)c2cc(-c3ccc4c(c3)OCCO4)nc3ccccc23)n1. The number of aromatic nitrogens is 3. The van der Waals surface area contributed by atoms with Crippen LogP contribution in [-0.4, -0.2) is 40.8 Å². The number of ether oxygens (including phenoxy) is 2. The van der Waals surface area contributed by atoms with E-state index in [1.165, 1.54) is 0 Å². The van der Waals surface area contributed by atoms with Crippen molar-refractivity contribution in [1.82, 2.24) is 20.4 Å². The fourth-order valence-electron chi connectivity index (χ4n) is 3.69. The number of rotatable bonds is 6. The number of carbonyl (C=O) groups excluding carboxylic acids is 1. The highest BCUT2D eigenvalue weighted by atomic mass is 16.6. The second kappa shape index (κ2) is 8.66. The molecule has 1 amide bonds. The Morgan fingerprint density at radius 1 is 1.03 bits per heavy atom. The number of hydrogen-bond acceptors (Lipinski definition) is 7. The van der Waals surface area contributed by atoms with Gasteiger partial charge >= 0.3 is 0 Å². The lowest BCUT2D eigenvalue weighted by atomic mass is 10.0. The zero-order valence-corrected chi connectivity index (χ0v) is 17.6. The Bertz CT molecular complexity index is 1280. The van der Waals surface area contributed by atoms with Crippen LogP contribution in [-0.2, 0) is 6.42 Å². The van der Waals surface area contributed by atoms with E-state index in [1.807, 2.05) is 48.5 Å². The predicted octanol–water partition coefficient (Wildman–Crippen LogP) is 3.73. The monoisotopic (exact) mass is 430 g/mol. The first kappa shape index (κ1) is 20.0. The number of hydrogen-bond donors (Lipinski definition) is 1. The first-order chi connectivity index (χ1) is 15.7. The van der Waals surface area contributed by atoms with Gasteiger partial charge in [-0.3, -0.25) is 4.79 Å². The quantitative estimate of drug-likeness (QED) is 0.465. The van der Waals surface area contributed by atoms with Crippen molar-refractivity contribution in [3.8, 4) is 22.8 Å². The van der Waals surface area contributed by atoms with Gasteiger partial charge in [0.1, 0.15) is 13.2 Å². The lowest BCUT2D eigenvalue weighted by molar-refractivity contribution is 0.0954. The van der Waals surface area contributed by atoms with Crippen LogP contribution in [0.4, 0.5) is 0 Å². The van der Waals surface area contributed by atoms with Crippen LogP contribution in [0.3, 0.4) is 0 Å². The van der Waals surface area contributed by atoms with E-state index in [1.54, 1.807) is 6.92 Å². The summed E-state index contributed by atoms with van der Waals surface area (Å²) < 4.78 is 16.4. The number of carbonyl (C=O) groups is 1. The van der Waals surface area contributed by atoms with Crippen molar-refractivity contribution >= 4 is 16.8 Å². The smallest absolute Gasteiger partial charge is 0.252 e. The number of fused-ring (bicyclic) bond motifs is 2. The highest BCUT2D eigenvalue weighted by Gasteiger charge is 2.17. The number of aryl methyl sites for hydroxylation is 2. The zero-order chi connectivity index (χ0) is 21.9. The summed E-state index contributed by atoms with van der Waals surface area (Å²) in [6.45, 7) is 3.33. The highest BCUT2D eigenvalue weighted by molar-refractivity contribution is 6.07. The topological polar surface area (TPSA) is 99.4 Å². The van der Waals surface area contributed by atoms with Gasteiger partial charge in [0.15, 0.2) is 17.3 Å². The van der Waals surface area contributed by atoms with Crippen LogP contribution in [0, 0.1) is 6.92 Å². The molecule has 3 heterocycles. The fraction of sp³-hybridized carbons (Fsp3) is 0.250. The molecule has 0 atom stereocenters. The van der Waals surface area contributed by atoms with Gasteiger partial charge in [-0.15, -0.1) is 0 Å². The largest absolute Gasteiger partial charge is 0.486 e. The minimum Gasteiger partial charge on any atom is -0.486 e. The summed E-state index contributed by atoms with van der Waals surface area (Å²) in [5.74, 6) is 2.44. The molecule has 0 unspecified atom stereocenters.